The summed E-state index contributed by atoms with van der Waals surface area (Å²) in [4.78, 5) is 36.4. The molecule has 0 bridgehead atoms. The number of imidazole rings is 1. The normalized spacial score (nSPS) is 11.2. The van der Waals surface area contributed by atoms with E-state index in [1.165, 1.54) is 34.4 Å². The van der Waals surface area contributed by atoms with Gasteiger partial charge in [0.1, 0.15) is 11.4 Å². The van der Waals surface area contributed by atoms with Gasteiger partial charge in [0.15, 0.2) is 11.0 Å². The van der Waals surface area contributed by atoms with E-state index < -0.39 is 10.8 Å². The lowest BCUT2D eigenvalue weighted by atomic mass is 10.2. The number of carbonyl (C=O) groups excluding carboxylic acids is 1. The molecule has 0 saturated heterocycles. The van der Waals surface area contributed by atoms with Crippen molar-refractivity contribution in [3.05, 3.63) is 85.7 Å². The van der Waals surface area contributed by atoms with Crippen LogP contribution in [0, 0.1) is 10.1 Å². The van der Waals surface area contributed by atoms with Crippen molar-refractivity contribution in [1.82, 2.24) is 23.9 Å². The molecule has 39 heavy (non-hydrogen) atoms. The SMILES string of the molecule is Cn1c(=O)n(C)c2cc([N+](=O)[O-])c(NC(=O)CSc3nnc(-c4cc(Br)ccc4O)n3-c3ccccc3)cc21. The summed E-state index contributed by atoms with van der Waals surface area (Å²) in [5.41, 5.74) is 1.27. The zero-order valence-corrected chi connectivity index (χ0v) is 22.9. The Bertz CT molecular complexity index is 1810. The number of carbonyl (C=O) groups is 1. The second kappa shape index (κ2) is 10.4. The van der Waals surface area contributed by atoms with Crippen LogP contribution >= 0.6 is 27.7 Å². The number of rotatable bonds is 7. The maximum absolute atomic E-state index is 12.9. The van der Waals surface area contributed by atoms with Gasteiger partial charge in [0.2, 0.25) is 5.91 Å². The standard InChI is InChI=1S/C25H20BrN7O5S/c1-30-19-11-17(18(33(37)38)12-20(19)31(2)25(30)36)27-22(35)13-39-24-29-28-23(16-10-14(26)8-9-21(16)34)32(24)15-6-4-3-5-7-15/h3-12,34H,13H2,1-2H3,(H,27,35). The Balaban J connectivity index is 1.46. The van der Waals surface area contributed by atoms with Gasteiger partial charge < -0.3 is 10.4 Å². The highest BCUT2D eigenvalue weighted by Gasteiger charge is 2.23. The first-order valence-electron chi connectivity index (χ1n) is 11.4. The molecule has 2 aromatic heterocycles. The van der Waals surface area contributed by atoms with E-state index >= 15 is 0 Å². The van der Waals surface area contributed by atoms with Gasteiger partial charge in [-0.05, 0) is 36.4 Å². The number of nitrogens with zero attached hydrogens (tertiary/aromatic N) is 6. The lowest BCUT2D eigenvalue weighted by Crippen LogP contribution is -2.19. The van der Waals surface area contributed by atoms with E-state index in [0.29, 0.717) is 33.3 Å². The van der Waals surface area contributed by atoms with Gasteiger partial charge in [-0.2, -0.15) is 0 Å². The summed E-state index contributed by atoms with van der Waals surface area (Å²) in [7, 11) is 3.07. The third-order valence-electron chi connectivity index (χ3n) is 6.04. The summed E-state index contributed by atoms with van der Waals surface area (Å²) in [5, 5.41) is 33.7. The number of nitro benzene ring substituents is 1. The minimum Gasteiger partial charge on any atom is -0.507 e. The van der Waals surface area contributed by atoms with Gasteiger partial charge in [0.05, 0.1) is 27.3 Å². The van der Waals surface area contributed by atoms with Gasteiger partial charge in [-0.15, -0.1) is 10.2 Å². The zero-order valence-electron chi connectivity index (χ0n) is 20.5. The summed E-state index contributed by atoms with van der Waals surface area (Å²) < 4.78 is 5.11. The van der Waals surface area contributed by atoms with Crippen LogP contribution in [0.1, 0.15) is 0 Å². The van der Waals surface area contributed by atoms with Crippen LogP contribution in [0.5, 0.6) is 5.75 Å². The van der Waals surface area contributed by atoms with Crippen LogP contribution in [0.25, 0.3) is 28.1 Å². The molecule has 0 radical (unpaired) electrons. The Kier molecular flexibility index (Phi) is 6.97. The Hall–Kier alpha value is -4.43. The van der Waals surface area contributed by atoms with Crippen LogP contribution in [-0.4, -0.2) is 45.6 Å². The van der Waals surface area contributed by atoms with Crippen molar-refractivity contribution < 1.29 is 14.8 Å². The van der Waals surface area contributed by atoms with Crippen LogP contribution in [0.2, 0.25) is 0 Å². The van der Waals surface area contributed by atoms with E-state index in [-0.39, 0.29) is 28.6 Å². The molecule has 2 N–H and O–H groups in total. The molecule has 0 atom stereocenters. The van der Waals surface area contributed by atoms with Gasteiger partial charge in [-0.3, -0.25) is 28.6 Å². The lowest BCUT2D eigenvalue weighted by Gasteiger charge is -2.11. The highest BCUT2D eigenvalue weighted by molar-refractivity contribution is 9.10. The predicted octanol–water partition coefficient (Wildman–Crippen LogP) is 4.23. The fourth-order valence-electron chi connectivity index (χ4n) is 4.14. The maximum Gasteiger partial charge on any atom is 0.328 e. The summed E-state index contributed by atoms with van der Waals surface area (Å²) in [6.07, 6.45) is 0. The Labute approximate surface area is 233 Å². The largest absolute Gasteiger partial charge is 0.507 e. The Morgan fingerprint density at radius 1 is 1.08 bits per heavy atom. The first-order valence-corrected chi connectivity index (χ1v) is 13.2. The molecule has 2 heterocycles. The molecule has 0 spiro atoms. The van der Waals surface area contributed by atoms with Crippen LogP contribution < -0.4 is 11.0 Å². The summed E-state index contributed by atoms with van der Waals surface area (Å²) in [6, 6.07) is 16.9. The Morgan fingerprint density at radius 3 is 2.46 bits per heavy atom. The number of para-hydroxylation sites is 1. The van der Waals surface area contributed by atoms with Crippen LogP contribution in [0.4, 0.5) is 11.4 Å². The number of hydrogen-bond donors (Lipinski definition) is 2. The van der Waals surface area contributed by atoms with Gasteiger partial charge in [0, 0.05) is 30.3 Å². The number of fused-ring (bicyclic) bond motifs is 1. The molecule has 0 aliphatic rings. The van der Waals surface area contributed by atoms with Crippen LogP contribution in [0.15, 0.2) is 75.1 Å². The molecule has 0 aliphatic heterocycles. The molecule has 198 valence electrons. The van der Waals surface area contributed by atoms with Crippen molar-refractivity contribution in [2.45, 2.75) is 5.16 Å². The van der Waals surface area contributed by atoms with Crippen molar-refractivity contribution in [2.24, 2.45) is 14.1 Å². The maximum atomic E-state index is 12.9. The van der Waals surface area contributed by atoms with Crippen molar-refractivity contribution in [2.75, 3.05) is 11.1 Å². The molecule has 1 amide bonds. The van der Waals surface area contributed by atoms with E-state index in [1.807, 2.05) is 30.3 Å². The lowest BCUT2D eigenvalue weighted by molar-refractivity contribution is -0.383. The number of aromatic nitrogens is 5. The number of phenols is 1. The van der Waals surface area contributed by atoms with Gasteiger partial charge in [-0.1, -0.05) is 45.9 Å². The molecule has 0 fully saturated rings. The van der Waals surface area contributed by atoms with Crippen LogP contribution in [-0.2, 0) is 18.9 Å². The highest BCUT2D eigenvalue weighted by Crippen LogP contribution is 2.35. The van der Waals surface area contributed by atoms with E-state index in [0.717, 1.165) is 16.2 Å². The second-order valence-corrected chi connectivity index (χ2v) is 10.3. The van der Waals surface area contributed by atoms with E-state index in [4.69, 9.17) is 0 Å². The molecule has 14 heteroatoms. The number of hydrogen-bond acceptors (Lipinski definition) is 8. The molecule has 5 aromatic rings. The quantitative estimate of drug-likeness (QED) is 0.158. The number of benzene rings is 3. The average molecular weight is 610 g/mol. The number of nitrogens with one attached hydrogen (secondary N) is 1. The van der Waals surface area contributed by atoms with Crippen molar-refractivity contribution in [3.63, 3.8) is 0 Å². The second-order valence-electron chi connectivity index (χ2n) is 8.49. The van der Waals surface area contributed by atoms with Gasteiger partial charge in [0.25, 0.3) is 5.69 Å². The Morgan fingerprint density at radius 2 is 1.77 bits per heavy atom. The summed E-state index contributed by atoms with van der Waals surface area (Å²) in [5.74, 6) is -0.278. The van der Waals surface area contributed by atoms with Crippen molar-refractivity contribution in [1.29, 1.82) is 0 Å². The van der Waals surface area contributed by atoms with Gasteiger partial charge in [-0.25, -0.2) is 4.79 Å². The third kappa shape index (κ3) is 4.91. The van der Waals surface area contributed by atoms with Crippen molar-refractivity contribution in [3.8, 4) is 22.8 Å². The van der Waals surface area contributed by atoms with E-state index in [2.05, 4.69) is 31.4 Å². The van der Waals surface area contributed by atoms with E-state index in [1.54, 1.807) is 23.7 Å². The summed E-state index contributed by atoms with van der Waals surface area (Å²) in [6.45, 7) is 0. The molecule has 0 aliphatic carbocycles. The average Bonchev–Trinajstić information content (AvgIpc) is 3.43. The zero-order chi connectivity index (χ0) is 27.8. The number of thioether (sulfide) groups is 1. The smallest absolute Gasteiger partial charge is 0.328 e. The monoisotopic (exact) mass is 609 g/mol. The number of halogens is 1. The topological polar surface area (TPSA) is 150 Å². The number of aromatic hydroxyl groups is 1. The number of phenolic OH excluding ortho intramolecular Hbond substituents is 1. The first kappa shape index (κ1) is 26.2. The molecule has 3 aromatic carbocycles. The predicted molar refractivity (Wildman–Crippen MR) is 150 cm³/mol. The minimum absolute atomic E-state index is 0.00934. The number of amides is 1. The number of anilines is 1. The van der Waals surface area contributed by atoms with Crippen LogP contribution in [0.3, 0.4) is 0 Å². The molecular weight excluding hydrogens is 590 g/mol. The molecule has 0 saturated carbocycles. The number of nitro groups is 1. The minimum atomic E-state index is -0.609. The molecule has 12 nitrogen and oxygen atoms in total. The summed E-state index contributed by atoms with van der Waals surface area (Å²) >= 11 is 4.49. The fraction of sp³-hybridized carbons (Fsp3) is 0.120. The number of aryl methyl sites for hydroxylation is 2. The molecular formula is C25H20BrN7O5S. The van der Waals surface area contributed by atoms with E-state index in [9.17, 15) is 24.8 Å². The molecule has 5 rings (SSSR count). The van der Waals surface area contributed by atoms with Gasteiger partial charge >= 0.3 is 5.69 Å². The fourth-order valence-corrected chi connectivity index (χ4v) is 5.25. The highest BCUT2D eigenvalue weighted by atomic mass is 79.9. The third-order valence-corrected chi connectivity index (χ3v) is 7.46. The van der Waals surface area contributed by atoms with Crippen molar-refractivity contribution >= 4 is 56.0 Å². The molecule has 0 unspecified atom stereocenters. The first-order chi connectivity index (χ1) is 18.7.